The quantitative estimate of drug-likeness (QED) is 0.622. The summed E-state index contributed by atoms with van der Waals surface area (Å²) >= 11 is 2.97. The van der Waals surface area contributed by atoms with Gasteiger partial charge in [0.05, 0.1) is 6.54 Å². The fraction of sp³-hybridized carbons (Fsp3) is 0.150. The molecule has 0 fully saturated rings. The second kappa shape index (κ2) is 7.56. The van der Waals surface area contributed by atoms with Crippen LogP contribution in [0.25, 0.3) is 6.08 Å². The van der Waals surface area contributed by atoms with Crippen LogP contribution in [0.15, 0.2) is 58.6 Å². The van der Waals surface area contributed by atoms with E-state index in [0.717, 1.165) is 16.0 Å². The molecule has 1 aliphatic rings. The minimum absolute atomic E-state index is 0.0918. The van der Waals surface area contributed by atoms with Gasteiger partial charge in [-0.15, -0.1) is 11.3 Å². The molecule has 1 amide bonds. The molecule has 138 valence electrons. The van der Waals surface area contributed by atoms with Crippen LogP contribution in [0, 0.1) is 0 Å². The first-order valence-corrected chi connectivity index (χ1v) is 10.1. The molecule has 7 heteroatoms. The molecule has 27 heavy (non-hydrogen) atoms. The van der Waals surface area contributed by atoms with Gasteiger partial charge in [0.15, 0.2) is 11.5 Å². The molecule has 2 aromatic heterocycles. The second-order valence-corrected chi connectivity index (χ2v) is 7.74. The number of nitrogens with one attached hydrogen (secondary N) is 1. The summed E-state index contributed by atoms with van der Waals surface area (Å²) in [6.45, 7) is 0.307. The fourth-order valence-electron chi connectivity index (χ4n) is 2.81. The standard InChI is InChI=1S/C20H17NO4S2/c22-19(6-4-14-3-5-16-17(10-14)25-13-24-16)21-12-20(23,15-7-9-26-11-15)18-2-1-8-27-18/h1-11,23H,12-13H2,(H,21,22)/b6-4+. The van der Waals surface area contributed by atoms with Crippen molar-refractivity contribution in [1.82, 2.24) is 5.32 Å². The van der Waals surface area contributed by atoms with Crippen LogP contribution in [0.3, 0.4) is 0 Å². The lowest BCUT2D eigenvalue weighted by Gasteiger charge is -2.26. The molecule has 5 nitrogen and oxygen atoms in total. The van der Waals surface area contributed by atoms with Gasteiger partial charge in [-0.2, -0.15) is 11.3 Å². The normalized spacial score (nSPS) is 15.0. The van der Waals surface area contributed by atoms with Gasteiger partial charge in [-0.05, 0) is 52.0 Å². The number of carbonyl (C=O) groups is 1. The van der Waals surface area contributed by atoms with Crippen molar-refractivity contribution < 1.29 is 19.4 Å². The molecule has 3 aromatic rings. The molecular formula is C20H17NO4S2. The number of amides is 1. The smallest absolute Gasteiger partial charge is 0.244 e. The highest BCUT2D eigenvalue weighted by Crippen LogP contribution is 2.34. The third-order valence-corrected chi connectivity index (χ3v) is 5.97. The number of aliphatic hydroxyl groups is 1. The van der Waals surface area contributed by atoms with Crippen LogP contribution in [0.2, 0.25) is 0 Å². The Balaban J connectivity index is 1.44. The van der Waals surface area contributed by atoms with Crippen molar-refractivity contribution in [2.75, 3.05) is 13.3 Å². The predicted octanol–water partition coefficient (Wildman–Crippen LogP) is 3.60. The van der Waals surface area contributed by atoms with E-state index in [1.165, 1.54) is 28.7 Å². The number of hydrogen-bond donors (Lipinski definition) is 2. The first kappa shape index (κ1) is 17.8. The van der Waals surface area contributed by atoms with Crippen molar-refractivity contribution in [3.63, 3.8) is 0 Å². The van der Waals surface area contributed by atoms with E-state index in [-0.39, 0.29) is 19.2 Å². The number of rotatable bonds is 6. The zero-order valence-corrected chi connectivity index (χ0v) is 15.9. The minimum atomic E-state index is -1.24. The van der Waals surface area contributed by atoms with E-state index in [0.29, 0.717) is 11.5 Å². The molecule has 1 aromatic carbocycles. The molecule has 1 unspecified atom stereocenters. The van der Waals surface area contributed by atoms with Gasteiger partial charge in [-0.1, -0.05) is 12.1 Å². The Morgan fingerprint density at radius 1 is 1.22 bits per heavy atom. The average molecular weight is 399 g/mol. The van der Waals surface area contributed by atoms with E-state index in [2.05, 4.69) is 5.32 Å². The second-order valence-electron chi connectivity index (χ2n) is 6.01. The maximum absolute atomic E-state index is 12.3. The first-order valence-electron chi connectivity index (χ1n) is 8.30. The lowest BCUT2D eigenvalue weighted by molar-refractivity contribution is -0.117. The molecule has 1 aliphatic heterocycles. The summed E-state index contributed by atoms with van der Waals surface area (Å²) in [7, 11) is 0. The Morgan fingerprint density at radius 3 is 2.89 bits per heavy atom. The van der Waals surface area contributed by atoms with Crippen LogP contribution in [-0.2, 0) is 10.4 Å². The number of carbonyl (C=O) groups excluding carboxylic acids is 1. The van der Waals surface area contributed by atoms with Crippen LogP contribution >= 0.6 is 22.7 Å². The van der Waals surface area contributed by atoms with Crippen molar-refractivity contribution >= 4 is 34.7 Å². The molecule has 1 atom stereocenters. The number of thiophene rings is 2. The lowest BCUT2D eigenvalue weighted by Crippen LogP contribution is -2.40. The lowest BCUT2D eigenvalue weighted by atomic mass is 9.94. The highest BCUT2D eigenvalue weighted by Gasteiger charge is 2.33. The zero-order chi connectivity index (χ0) is 18.7. The third kappa shape index (κ3) is 3.75. The summed E-state index contributed by atoms with van der Waals surface area (Å²) in [6.07, 6.45) is 3.14. The van der Waals surface area contributed by atoms with Crippen LogP contribution in [0.5, 0.6) is 11.5 Å². The van der Waals surface area contributed by atoms with Crippen molar-refractivity contribution in [3.8, 4) is 11.5 Å². The van der Waals surface area contributed by atoms with E-state index in [4.69, 9.17) is 9.47 Å². The van der Waals surface area contributed by atoms with Gasteiger partial charge in [0.1, 0.15) is 5.60 Å². The van der Waals surface area contributed by atoms with E-state index in [9.17, 15) is 9.90 Å². The van der Waals surface area contributed by atoms with Gasteiger partial charge in [0.2, 0.25) is 12.7 Å². The molecule has 0 aliphatic carbocycles. The summed E-state index contributed by atoms with van der Waals surface area (Å²) in [5.74, 6) is 1.09. The summed E-state index contributed by atoms with van der Waals surface area (Å²) < 4.78 is 10.6. The van der Waals surface area contributed by atoms with E-state index >= 15 is 0 Å². The fourth-order valence-corrected chi connectivity index (χ4v) is 4.38. The largest absolute Gasteiger partial charge is 0.454 e. The third-order valence-electron chi connectivity index (χ3n) is 4.27. The van der Waals surface area contributed by atoms with Crippen molar-refractivity contribution in [2.45, 2.75) is 5.60 Å². The Morgan fingerprint density at radius 2 is 2.11 bits per heavy atom. The number of hydrogen-bond acceptors (Lipinski definition) is 6. The van der Waals surface area contributed by atoms with Gasteiger partial charge in [0, 0.05) is 16.5 Å². The highest BCUT2D eigenvalue weighted by molar-refractivity contribution is 7.10. The van der Waals surface area contributed by atoms with Gasteiger partial charge in [-0.3, -0.25) is 4.79 Å². The Hall–Kier alpha value is -2.61. The molecular weight excluding hydrogens is 382 g/mol. The molecule has 0 bridgehead atoms. The number of ether oxygens (including phenoxy) is 2. The predicted molar refractivity (Wildman–Crippen MR) is 106 cm³/mol. The van der Waals surface area contributed by atoms with Crippen LogP contribution in [0.4, 0.5) is 0 Å². The monoisotopic (exact) mass is 399 g/mol. The van der Waals surface area contributed by atoms with Gasteiger partial charge >= 0.3 is 0 Å². The SMILES string of the molecule is O=C(/C=C/c1ccc2c(c1)OCO2)NCC(O)(c1ccsc1)c1cccs1. The number of benzene rings is 1. The Kier molecular flexibility index (Phi) is 4.98. The maximum Gasteiger partial charge on any atom is 0.244 e. The molecule has 2 N–H and O–H groups in total. The van der Waals surface area contributed by atoms with Crippen molar-refractivity contribution in [3.05, 3.63) is 74.6 Å². The zero-order valence-electron chi connectivity index (χ0n) is 14.3. The topological polar surface area (TPSA) is 67.8 Å². The molecule has 0 spiro atoms. The van der Waals surface area contributed by atoms with Gasteiger partial charge < -0.3 is 19.9 Å². The van der Waals surface area contributed by atoms with Crippen LogP contribution < -0.4 is 14.8 Å². The molecule has 3 heterocycles. The van der Waals surface area contributed by atoms with Crippen molar-refractivity contribution in [1.29, 1.82) is 0 Å². The molecule has 0 saturated heterocycles. The van der Waals surface area contributed by atoms with Crippen molar-refractivity contribution in [2.24, 2.45) is 0 Å². The Labute approximate surface area is 164 Å². The van der Waals surface area contributed by atoms with Crippen LogP contribution in [-0.4, -0.2) is 24.4 Å². The Bertz CT molecular complexity index is 914. The minimum Gasteiger partial charge on any atom is -0.454 e. The van der Waals surface area contributed by atoms with Gasteiger partial charge in [-0.25, -0.2) is 0 Å². The van der Waals surface area contributed by atoms with Crippen LogP contribution in [0.1, 0.15) is 16.0 Å². The highest BCUT2D eigenvalue weighted by atomic mass is 32.1. The van der Waals surface area contributed by atoms with E-state index in [1.54, 1.807) is 6.08 Å². The van der Waals surface area contributed by atoms with E-state index < -0.39 is 5.60 Å². The molecule has 0 radical (unpaired) electrons. The molecule has 0 saturated carbocycles. The number of fused-ring (bicyclic) bond motifs is 1. The molecule has 4 rings (SSSR count). The first-order chi connectivity index (χ1) is 13.1. The average Bonchev–Trinajstić information content (AvgIpc) is 3.45. The summed E-state index contributed by atoms with van der Waals surface area (Å²) in [5.41, 5.74) is 0.368. The summed E-state index contributed by atoms with van der Waals surface area (Å²) in [6, 6.07) is 11.1. The summed E-state index contributed by atoms with van der Waals surface area (Å²) in [4.78, 5) is 13.1. The van der Waals surface area contributed by atoms with E-state index in [1.807, 2.05) is 52.5 Å². The maximum atomic E-state index is 12.3. The summed E-state index contributed by atoms with van der Waals surface area (Å²) in [5, 5.41) is 19.7. The van der Waals surface area contributed by atoms with Gasteiger partial charge in [0.25, 0.3) is 0 Å².